The number of nitrogens with zero attached hydrogens (tertiary/aromatic N) is 3. The molecule has 0 radical (unpaired) electrons. The molecule has 0 unspecified atom stereocenters. The SMILES string of the molecule is COc1ccc(N(c2ccc(C=Cc3ccc4cc5cc(C=Cc6ccc(N(c7ccc(CO)cc7)c7cccc8c7CCCC8)cc6)ccc5c(C#N)c4c3)cc2)c2cccc3c2CCCC3)cc1. The first-order chi connectivity index (χ1) is 34.5. The van der Waals surface area contributed by atoms with Gasteiger partial charge in [0.2, 0.25) is 0 Å². The zero-order valence-corrected chi connectivity index (χ0v) is 39.6. The van der Waals surface area contributed by atoms with Crippen LogP contribution in [0.1, 0.15) is 81.3 Å². The fourth-order valence-electron chi connectivity index (χ4n) is 10.6. The summed E-state index contributed by atoms with van der Waals surface area (Å²) in [6.45, 7) is 0.0238. The summed E-state index contributed by atoms with van der Waals surface area (Å²) in [5, 5.41) is 24.3. The van der Waals surface area contributed by atoms with Gasteiger partial charge in [-0.1, -0.05) is 109 Å². The van der Waals surface area contributed by atoms with Crippen LogP contribution in [0, 0.1) is 11.3 Å². The minimum Gasteiger partial charge on any atom is -0.497 e. The highest BCUT2D eigenvalue weighted by molar-refractivity contribution is 6.05. The first kappa shape index (κ1) is 44.3. The number of aliphatic hydroxyl groups is 1. The monoisotopic (exact) mass is 909 g/mol. The van der Waals surface area contributed by atoms with Crippen LogP contribution >= 0.6 is 0 Å². The molecular weight excluding hydrogens is 855 g/mol. The van der Waals surface area contributed by atoms with E-state index in [1.54, 1.807) is 7.11 Å². The maximum atomic E-state index is 10.6. The highest BCUT2D eigenvalue weighted by atomic mass is 16.5. The van der Waals surface area contributed by atoms with E-state index in [1.807, 2.05) is 24.3 Å². The Morgan fingerprint density at radius 3 is 1.49 bits per heavy atom. The second kappa shape index (κ2) is 19.8. The molecule has 2 aliphatic rings. The van der Waals surface area contributed by atoms with Crippen LogP contribution in [-0.2, 0) is 32.3 Å². The molecule has 11 rings (SSSR count). The molecule has 0 heterocycles. The van der Waals surface area contributed by atoms with Crippen molar-refractivity contribution in [1.82, 2.24) is 0 Å². The van der Waals surface area contributed by atoms with Crippen LogP contribution in [-0.4, -0.2) is 12.2 Å². The van der Waals surface area contributed by atoms with Gasteiger partial charge in [0.15, 0.2) is 0 Å². The molecule has 0 atom stereocenters. The van der Waals surface area contributed by atoms with Gasteiger partial charge in [0, 0.05) is 44.9 Å². The lowest BCUT2D eigenvalue weighted by molar-refractivity contribution is 0.282. The highest BCUT2D eigenvalue weighted by Gasteiger charge is 2.22. The van der Waals surface area contributed by atoms with Crippen molar-refractivity contribution in [3.63, 3.8) is 0 Å². The van der Waals surface area contributed by atoms with Gasteiger partial charge >= 0.3 is 0 Å². The molecule has 9 aromatic carbocycles. The molecule has 0 amide bonds. The Bertz CT molecular complexity index is 3450. The number of hydrogen-bond donors (Lipinski definition) is 1. The van der Waals surface area contributed by atoms with Crippen LogP contribution in [0.5, 0.6) is 5.75 Å². The quantitative estimate of drug-likeness (QED) is 0.0977. The number of aryl methyl sites for hydroxylation is 2. The van der Waals surface area contributed by atoms with Gasteiger partial charge < -0.3 is 19.6 Å². The molecular formula is C65H55N3O2. The Hall–Kier alpha value is -8.17. The molecule has 9 aromatic rings. The van der Waals surface area contributed by atoms with Gasteiger partial charge in [-0.05, 0) is 203 Å². The average molecular weight is 910 g/mol. The third-order valence-electron chi connectivity index (χ3n) is 14.3. The Balaban J connectivity index is 0.829. The lowest BCUT2D eigenvalue weighted by Crippen LogP contribution is -2.15. The number of aliphatic hydroxyl groups excluding tert-OH is 1. The summed E-state index contributed by atoms with van der Waals surface area (Å²) in [6, 6.07) is 65.0. The summed E-state index contributed by atoms with van der Waals surface area (Å²) in [6.07, 6.45) is 17.9. The fourth-order valence-corrected chi connectivity index (χ4v) is 10.6. The number of benzene rings is 9. The van der Waals surface area contributed by atoms with Crippen LogP contribution in [0.25, 0.3) is 45.8 Å². The van der Waals surface area contributed by atoms with Crippen molar-refractivity contribution in [1.29, 1.82) is 5.26 Å². The van der Waals surface area contributed by atoms with Crippen LogP contribution in [0.4, 0.5) is 34.1 Å². The Morgan fingerprint density at radius 2 is 0.957 bits per heavy atom. The van der Waals surface area contributed by atoms with Crippen molar-refractivity contribution < 1.29 is 9.84 Å². The summed E-state index contributed by atoms with van der Waals surface area (Å²) in [5.74, 6) is 0.840. The number of nitriles is 1. The zero-order chi connectivity index (χ0) is 47.4. The van der Waals surface area contributed by atoms with Crippen molar-refractivity contribution in [2.45, 2.75) is 58.0 Å². The standard InChI is InChI=1S/C65H55N3O2/c1-70-58-37-35-57(36-38-58)68(65-15-7-11-51-9-3-5-13-61(51)65)55-31-23-46(24-32-55)17-19-48-20-28-52-42-53-40-47(27-39-59(53)63(43-66)62(52)41-48)18-16-45-21-29-54(30-22-45)67(56-33-25-49(44-69)26-34-56)64-14-6-10-50-8-2-4-12-60(50)64/h6-7,10-11,14-42,69H,2-5,8-9,12-13,44H2,1H3. The molecule has 0 aromatic heterocycles. The molecule has 0 spiro atoms. The van der Waals surface area contributed by atoms with Gasteiger partial charge in [0.25, 0.3) is 0 Å². The summed E-state index contributed by atoms with van der Waals surface area (Å²) in [5.41, 5.74) is 18.5. The van der Waals surface area contributed by atoms with Crippen LogP contribution in [0.15, 0.2) is 176 Å². The van der Waals surface area contributed by atoms with Gasteiger partial charge in [-0.2, -0.15) is 5.26 Å². The average Bonchev–Trinajstić information content (AvgIpc) is 3.42. The number of hydrogen-bond acceptors (Lipinski definition) is 5. The van der Waals surface area contributed by atoms with Crippen molar-refractivity contribution in [3.05, 3.63) is 232 Å². The van der Waals surface area contributed by atoms with E-state index in [9.17, 15) is 10.4 Å². The molecule has 0 bridgehead atoms. The molecule has 342 valence electrons. The molecule has 0 fully saturated rings. The number of fused-ring (bicyclic) bond motifs is 4. The van der Waals surface area contributed by atoms with E-state index in [0.717, 1.165) is 104 Å². The van der Waals surface area contributed by atoms with E-state index in [-0.39, 0.29) is 6.61 Å². The molecule has 0 saturated carbocycles. The molecule has 0 saturated heterocycles. The number of anilines is 6. The first-order valence-corrected chi connectivity index (χ1v) is 24.7. The lowest BCUT2D eigenvalue weighted by atomic mass is 9.90. The van der Waals surface area contributed by atoms with Crippen LogP contribution in [0.2, 0.25) is 0 Å². The summed E-state index contributed by atoms with van der Waals surface area (Å²) < 4.78 is 5.50. The van der Waals surface area contributed by atoms with E-state index >= 15 is 0 Å². The Labute approximate surface area is 411 Å². The molecule has 2 aliphatic carbocycles. The van der Waals surface area contributed by atoms with Crippen LogP contribution in [0.3, 0.4) is 0 Å². The minimum atomic E-state index is 0.0238. The van der Waals surface area contributed by atoms with Gasteiger partial charge in [0.05, 0.1) is 19.3 Å². The molecule has 5 nitrogen and oxygen atoms in total. The topological polar surface area (TPSA) is 59.7 Å². The normalized spacial score (nSPS) is 13.3. The molecule has 5 heteroatoms. The third-order valence-corrected chi connectivity index (χ3v) is 14.3. The van der Waals surface area contributed by atoms with Gasteiger partial charge in [-0.15, -0.1) is 0 Å². The largest absolute Gasteiger partial charge is 0.497 e. The number of rotatable bonds is 12. The van der Waals surface area contributed by atoms with Crippen molar-refractivity contribution in [2.24, 2.45) is 0 Å². The Kier molecular flexibility index (Phi) is 12.6. The van der Waals surface area contributed by atoms with Gasteiger partial charge in [-0.25, -0.2) is 0 Å². The molecule has 1 N–H and O–H groups in total. The van der Waals surface area contributed by atoms with Crippen molar-refractivity contribution in [3.8, 4) is 11.8 Å². The second-order valence-electron chi connectivity index (χ2n) is 18.6. The lowest BCUT2D eigenvalue weighted by Gasteiger charge is -2.30. The van der Waals surface area contributed by atoms with Gasteiger partial charge in [-0.3, -0.25) is 0 Å². The Morgan fingerprint density at radius 1 is 0.486 bits per heavy atom. The molecule has 70 heavy (non-hydrogen) atoms. The van der Waals surface area contributed by atoms with Crippen LogP contribution < -0.4 is 14.5 Å². The number of methoxy groups -OCH3 is 1. The minimum absolute atomic E-state index is 0.0238. The maximum absolute atomic E-state index is 10.6. The summed E-state index contributed by atoms with van der Waals surface area (Å²) >= 11 is 0. The maximum Gasteiger partial charge on any atom is 0.119 e. The summed E-state index contributed by atoms with van der Waals surface area (Å²) in [7, 11) is 1.71. The van der Waals surface area contributed by atoms with Gasteiger partial charge in [0.1, 0.15) is 11.8 Å². The second-order valence-corrected chi connectivity index (χ2v) is 18.6. The van der Waals surface area contributed by atoms with E-state index in [0.29, 0.717) is 5.56 Å². The third kappa shape index (κ3) is 8.98. The predicted molar refractivity (Wildman–Crippen MR) is 292 cm³/mol. The number of ether oxygens (including phenoxy) is 1. The van der Waals surface area contributed by atoms with E-state index < -0.39 is 0 Å². The first-order valence-electron chi connectivity index (χ1n) is 24.7. The predicted octanol–water partition coefficient (Wildman–Crippen LogP) is 16.4. The highest BCUT2D eigenvalue weighted by Crippen LogP contribution is 2.42. The van der Waals surface area contributed by atoms with Crippen molar-refractivity contribution in [2.75, 3.05) is 16.9 Å². The van der Waals surface area contributed by atoms with E-state index in [4.69, 9.17) is 4.74 Å². The summed E-state index contributed by atoms with van der Waals surface area (Å²) in [4.78, 5) is 4.73. The van der Waals surface area contributed by atoms with Crippen molar-refractivity contribution >= 4 is 80.0 Å². The smallest absolute Gasteiger partial charge is 0.119 e. The molecule has 0 aliphatic heterocycles. The fraction of sp³-hybridized carbons (Fsp3) is 0.154. The van der Waals surface area contributed by atoms with E-state index in [1.165, 1.54) is 59.3 Å². The van der Waals surface area contributed by atoms with E-state index in [2.05, 4.69) is 192 Å². The zero-order valence-electron chi connectivity index (χ0n) is 39.6.